The lowest BCUT2D eigenvalue weighted by molar-refractivity contribution is 0.0600. The van der Waals surface area contributed by atoms with Gasteiger partial charge in [0.15, 0.2) is 0 Å². The van der Waals surface area contributed by atoms with E-state index in [0.717, 1.165) is 35.0 Å². The third kappa shape index (κ3) is 3.73. The SMILES string of the molecule is COC(=O)c1ccc(Cn2cnc3sc4c(c3c2=O)CCC(C(C)(C)C)C4)cc1. The zero-order valence-electron chi connectivity index (χ0n) is 17.3. The van der Waals surface area contributed by atoms with E-state index in [4.69, 9.17) is 4.74 Å². The molecule has 1 aliphatic rings. The lowest BCUT2D eigenvalue weighted by Gasteiger charge is -2.33. The standard InChI is InChI=1S/C23H26N2O3S/c1-23(2,3)16-9-10-17-18(11-16)29-20-19(17)21(26)25(13-24-20)12-14-5-7-15(8-6-14)22(27)28-4/h5-8,13,16H,9-12H2,1-4H3. The Morgan fingerprint density at radius 2 is 2.00 bits per heavy atom. The van der Waals surface area contributed by atoms with Gasteiger partial charge in [-0.05, 0) is 53.9 Å². The number of ether oxygens (including phenoxy) is 1. The molecule has 6 heteroatoms. The van der Waals surface area contributed by atoms with E-state index in [9.17, 15) is 9.59 Å². The molecule has 0 spiro atoms. The summed E-state index contributed by atoms with van der Waals surface area (Å²) < 4.78 is 6.40. The fraction of sp³-hybridized carbons (Fsp3) is 0.435. The van der Waals surface area contributed by atoms with Crippen molar-refractivity contribution in [2.45, 2.75) is 46.6 Å². The summed E-state index contributed by atoms with van der Waals surface area (Å²) in [7, 11) is 1.36. The number of hydrogen-bond donors (Lipinski definition) is 0. The minimum atomic E-state index is -0.365. The van der Waals surface area contributed by atoms with E-state index in [1.54, 1.807) is 34.4 Å². The summed E-state index contributed by atoms with van der Waals surface area (Å²) in [5, 5.41) is 0.797. The smallest absolute Gasteiger partial charge is 0.337 e. The number of rotatable bonds is 3. The van der Waals surface area contributed by atoms with Gasteiger partial charge in [0.1, 0.15) is 4.83 Å². The third-order valence-corrected chi connectivity index (χ3v) is 7.15. The minimum Gasteiger partial charge on any atom is -0.465 e. The Hall–Kier alpha value is -2.47. The molecule has 3 aromatic rings. The molecule has 29 heavy (non-hydrogen) atoms. The monoisotopic (exact) mass is 410 g/mol. The van der Waals surface area contributed by atoms with E-state index in [-0.39, 0.29) is 16.9 Å². The summed E-state index contributed by atoms with van der Waals surface area (Å²) in [4.78, 5) is 31.6. The van der Waals surface area contributed by atoms with Crippen LogP contribution in [0.25, 0.3) is 10.2 Å². The number of aryl methyl sites for hydroxylation is 1. The second kappa shape index (κ2) is 7.41. The van der Waals surface area contributed by atoms with Crippen LogP contribution in [0.1, 0.15) is 53.6 Å². The first kappa shape index (κ1) is 19.8. The zero-order valence-corrected chi connectivity index (χ0v) is 18.1. The molecule has 0 fully saturated rings. The van der Waals surface area contributed by atoms with Gasteiger partial charge in [-0.3, -0.25) is 9.36 Å². The van der Waals surface area contributed by atoms with Crippen LogP contribution in [0, 0.1) is 11.3 Å². The summed E-state index contributed by atoms with van der Waals surface area (Å²) in [6.07, 6.45) is 4.74. The number of esters is 1. The molecule has 0 radical (unpaired) electrons. The van der Waals surface area contributed by atoms with Crippen LogP contribution in [-0.4, -0.2) is 22.6 Å². The molecule has 1 atom stereocenters. The van der Waals surface area contributed by atoms with Crippen LogP contribution in [0.2, 0.25) is 0 Å². The summed E-state index contributed by atoms with van der Waals surface area (Å²) >= 11 is 1.68. The quantitative estimate of drug-likeness (QED) is 0.599. The molecule has 5 nitrogen and oxygen atoms in total. The van der Waals surface area contributed by atoms with Crippen LogP contribution in [0.3, 0.4) is 0 Å². The van der Waals surface area contributed by atoms with Gasteiger partial charge < -0.3 is 4.74 Å². The average Bonchev–Trinajstić information content (AvgIpc) is 3.08. The Morgan fingerprint density at radius 3 is 2.66 bits per heavy atom. The largest absolute Gasteiger partial charge is 0.465 e. The number of methoxy groups -OCH3 is 1. The van der Waals surface area contributed by atoms with Crippen LogP contribution in [0.4, 0.5) is 0 Å². The molecule has 2 aromatic heterocycles. The number of nitrogens with zero attached hydrogens (tertiary/aromatic N) is 2. The van der Waals surface area contributed by atoms with E-state index in [1.165, 1.54) is 17.6 Å². The number of hydrogen-bond acceptors (Lipinski definition) is 5. The molecule has 2 heterocycles. The molecule has 0 saturated heterocycles. The summed E-state index contributed by atoms with van der Waals surface area (Å²) in [5.74, 6) is 0.272. The predicted molar refractivity (Wildman–Crippen MR) is 116 cm³/mol. The maximum Gasteiger partial charge on any atom is 0.337 e. The number of carbonyl (C=O) groups is 1. The van der Waals surface area contributed by atoms with Crippen LogP contribution in [-0.2, 0) is 24.1 Å². The first-order valence-electron chi connectivity index (χ1n) is 9.95. The van der Waals surface area contributed by atoms with Crippen molar-refractivity contribution in [3.63, 3.8) is 0 Å². The Labute approximate surface area is 174 Å². The van der Waals surface area contributed by atoms with Crippen molar-refractivity contribution < 1.29 is 9.53 Å². The summed E-state index contributed by atoms with van der Waals surface area (Å²) in [6.45, 7) is 7.32. The second-order valence-corrected chi connectivity index (χ2v) is 9.94. The van der Waals surface area contributed by atoms with Gasteiger partial charge in [-0.1, -0.05) is 32.9 Å². The Bertz CT molecular complexity index is 1120. The van der Waals surface area contributed by atoms with E-state index in [2.05, 4.69) is 25.8 Å². The van der Waals surface area contributed by atoms with Crippen molar-refractivity contribution in [3.8, 4) is 0 Å². The highest BCUT2D eigenvalue weighted by Gasteiger charge is 2.31. The highest BCUT2D eigenvalue weighted by atomic mass is 32.1. The van der Waals surface area contributed by atoms with E-state index >= 15 is 0 Å². The van der Waals surface area contributed by atoms with Crippen molar-refractivity contribution in [2.75, 3.05) is 7.11 Å². The maximum absolute atomic E-state index is 13.2. The van der Waals surface area contributed by atoms with Crippen molar-refractivity contribution in [1.82, 2.24) is 9.55 Å². The van der Waals surface area contributed by atoms with Gasteiger partial charge in [0.2, 0.25) is 0 Å². The number of thiophene rings is 1. The van der Waals surface area contributed by atoms with Crippen LogP contribution < -0.4 is 5.56 Å². The van der Waals surface area contributed by atoms with E-state index < -0.39 is 0 Å². The molecule has 0 N–H and O–H groups in total. The van der Waals surface area contributed by atoms with E-state index in [1.807, 2.05) is 12.1 Å². The molecule has 4 rings (SSSR count). The summed E-state index contributed by atoms with van der Waals surface area (Å²) in [5.41, 5.74) is 2.95. The van der Waals surface area contributed by atoms with Gasteiger partial charge in [0, 0.05) is 4.88 Å². The molecular formula is C23H26N2O3S. The lowest BCUT2D eigenvalue weighted by atomic mass is 9.72. The van der Waals surface area contributed by atoms with Gasteiger partial charge in [0.05, 0.1) is 30.9 Å². The van der Waals surface area contributed by atoms with E-state index in [0.29, 0.717) is 18.0 Å². The summed E-state index contributed by atoms with van der Waals surface area (Å²) in [6, 6.07) is 7.13. The highest BCUT2D eigenvalue weighted by Crippen LogP contribution is 2.41. The minimum absolute atomic E-state index is 0.0266. The fourth-order valence-corrected chi connectivity index (χ4v) is 5.37. The first-order chi connectivity index (χ1) is 13.8. The average molecular weight is 411 g/mol. The van der Waals surface area contributed by atoms with Crippen molar-refractivity contribution in [2.24, 2.45) is 11.3 Å². The lowest BCUT2D eigenvalue weighted by Crippen LogP contribution is -2.27. The second-order valence-electron chi connectivity index (χ2n) is 8.86. The fourth-order valence-electron chi connectivity index (χ4n) is 4.11. The zero-order chi connectivity index (χ0) is 20.8. The topological polar surface area (TPSA) is 61.2 Å². The normalized spacial score (nSPS) is 16.6. The van der Waals surface area contributed by atoms with Gasteiger partial charge >= 0.3 is 5.97 Å². The molecule has 1 aliphatic carbocycles. The van der Waals surface area contributed by atoms with Gasteiger partial charge in [0.25, 0.3) is 5.56 Å². The van der Waals surface area contributed by atoms with Gasteiger partial charge in [-0.25, -0.2) is 9.78 Å². The molecule has 0 saturated carbocycles. The number of benzene rings is 1. The van der Waals surface area contributed by atoms with Crippen LogP contribution >= 0.6 is 11.3 Å². The van der Waals surface area contributed by atoms with Crippen molar-refractivity contribution in [3.05, 3.63) is 62.5 Å². The molecule has 0 aliphatic heterocycles. The third-order valence-electron chi connectivity index (χ3n) is 5.99. The van der Waals surface area contributed by atoms with Crippen molar-refractivity contribution in [1.29, 1.82) is 0 Å². The molecule has 152 valence electrons. The molecule has 1 aromatic carbocycles. The maximum atomic E-state index is 13.2. The molecule has 0 bridgehead atoms. The van der Waals surface area contributed by atoms with Crippen molar-refractivity contribution >= 4 is 27.5 Å². The Kier molecular flexibility index (Phi) is 5.07. The first-order valence-corrected chi connectivity index (χ1v) is 10.8. The predicted octanol–water partition coefficient (Wildman–Crippen LogP) is 4.44. The van der Waals surface area contributed by atoms with Gasteiger partial charge in [-0.15, -0.1) is 11.3 Å². The molecule has 1 unspecified atom stereocenters. The molecular weight excluding hydrogens is 384 g/mol. The number of carbonyl (C=O) groups excluding carboxylic acids is 1. The number of fused-ring (bicyclic) bond motifs is 3. The van der Waals surface area contributed by atoms with Crippen LogP contribution in [0.15, 0.2) is 35.4 Å². The highest BCUT2D eigenvalue weighted by molar-refractivity contribution is 7.18. The Balaban J connectivity index is 1.65. The molecule has 0 amide bonds. The van der Waals surface area contributed by atoms with Gasteiger partial charge in [-0.2, -0.15) is 0 Å². The van der Waals surface area contributed by atoms with Crippen LogP contribution in [0.5, 0.6) is 0 Å². The Morgan fingerprint density at radius 1 is 1.28 bits per heavy atom. The number of aromatic nitrogens is 2.